The standard InChI is InChI=1S/C17H16N2O4S/c1-11(24(2,21)22)16(20)18-13-9-7-12(8-10-13)17-19-14-5-3-4-6-15(14)23-17/h3-11H,1-2H3,(H,18,20)/t11-/m0/s1. The van der Waals surface area contributed by atoms with Crippen LogP contribution in [0.15, 0.2) is 52.9 Å². The molecule has 3 rings (SSSR count). The first-order valence-corrected chi connectivity index (χ1v) is 9.26. The number of carbonyl (C=O) groups is 1. The number of nitrogens with zero attached hydrogens (tertiary/aromatic N) is 1. The molecule has 3 aromatic rings. The number of hydrogen-bond donors (Lipinski definition) is 1. The van der Waals surface area contributed by atoms with Crippen LogP contribution < -0.4 is 5.32 Å². The summed E-state index contributed by atoms with van der Waals surface area (Å²) in [6, 6.07) is 14.3. The lowest BCUT2D eigenvalue weighted by Crippen LogP contribution is -2.31. The smallest absolute Gasteiger partial charge is 0.242 e. The fourth-order valence-electron chi connectivity index (χ4n) is 2.13. The fraction of sp³-hybridized carbons (Fsp3) is 0.176. The third kappa shape index (κ3) is 3.30. The lowest BCUT2D eigenvalue weighted by molar-refractivity contribution is -0.115. The SMILES string of the molecule is C[C@@H](C(=O)Nc1ccc(-c2nc3ccccc3o2)cc1)S(C)(=O)=O. The van der Waals surface area contributed by atoms with E-state index in [1.165, 1.54) is 6.92 Å². The lowest BCUT2D eigenvalue weighted by atomic mass is 10.2. The first-order valence-electron chi connectivity index (χ1n) is 7.30. The molecule has 1 N–H and O–H groups in total. The van der Waals surface area contributed by atoms with Crippen molar-refractivity contribution in [1.29, 1.82) is 0 Å². The average molecular weight is 344 g/mol. The van der Waals surface area contributed by atoms with Crippen LogP contribution in [0.25, 0.3) is 22.6 Å². The normalized spacial score (nSPS) is 12.9. The molecule has 0 unspecified atom stereocenters. The molecule has 1 amide bonds. The van der Waals surface area contributed by atoms with Gasteiger partial charge >= 0.3 is 0 Å². The molecular formula is C17H16N2O4S. The molecule has 24 heavy (non-hydrogen) atoms. The predicted molar refractivity (Wildman–Crippen MR) is 92.4 cm³/mol. The summed E-state index contributed by atoms with van der Waals surface area (Å²) in [6.45, 7) is 1.36. The van der Waals surface area contributed by atoms with Gasteiger partial charge in [-0.05, 0) is 43.3 Å². The van der Waals surface area contributed by atoms with E-state index in [4.69, 9.17) is 4.42 Å². The first kappa shape index (κ1) is 16.2. The fourth-order valence-corrected chi connectivity index (χ4v) is 2.58. The molecule has 2 aromatic carbocycles. The van der Waals surface area contributed by atoms with E-state index in [9.17, 15) is 13.2 Å². The average Bonchev–Trinajstić information content (AvgIpc) is 2.98. The maximum atomic E-state index is 11.9. The zero-order chi connectivity index (χ0) is 17.3. The van der Waals surface area contributed by atoms with Gasteiger partial charge in [0.25, 0.3) is 0 Å². The molecule has 0 aliphatic carbocycles. The van der Waals surface area contributed by atoms with Crippen LogP contribution in [0, 0.1) is 0 Å². The largest absolute Gasteiger partial charge is 0.436 e. The van der Waals surface area contributed by atoms with Crippen molar-refractivity contribution in [2.45, 2.75) is 12.2 Å². The highest BCUT2D eigenvalue weighted by Gasteiger charge is 2.23. The molecule has 0 bridgehead atoms. The molecule has 0 saturated carbocycles. The van der Waals surface area contributed by atoms with E-state index >= 15 is 0 Å². The summed E-state index contributed by atoms with van der Waals surface area (Å²) in [5.74, 6) is -0.0781. The molecule has 0 aliphatic heterocycles. The van der Waals surface area contributed by atoms with Crippen LogP contribution in [0.1, 0.15) is 6.92 Å². The highest BCUT2D eigenvalue weighted by atomic mass is 32.2. The Kier molecular flexibility index (Phi) is 4.11. The van der Waals surface area contributed by atoms with Gasteiger partial charge in [0.1, 0.15) is 10.8 Å². The third-order valence-corrected chi connectivity index (χ3v) is 5.20. The van der Waals surface area contributed by atoms with Gasteiger partial charge in [-0.1, -0.05) is 12.1 Å². The molecule has 0 aliphatic rings. The van der Waals surface area contributed by atoms with E-state index in [0.29, 0.717) is 17.2 Å². The Morgan fingerprint density at radius 3 is 2.42 bits per heavy atom. The van der Waals surface area contributed by atoms with Gasteiger partial charge in [0.05, 0.1) is 0 Å². The molecule has 7 heteroatoms. The van der Waals surface area contributed by atoms with Crippen molar-refractivity contribution in [2.24, 2.45) is 0 Å². The molecule has 0 spiro atoms. The van der Waals surface area contributed by atoms with Crippen LogP contribution in [-0.4, -0.2) is 30.8 Å². The van der Waals surface area contributed by atoms with E-state index in [-0.39, 0.29) is 0 Å². The molecular weight excluding hydrogens is 328 g/mol. The summed E-state index contributed by atoms with van der Waals surface area (Å²) >= 11 is 0. The van der Waals surface area contributed by atoms with Gasteiger partial charge in [-0.25, -0.2) is 13.4 Å². The lowest BCUT2D eigenvalue weighted by Gasteiger charge is -2.10. The van der Waals surface area contributed by atoms with Crippen LogP contribution in [0.5, 0.6) is 0 Å². The Bertz CT molecular complexity index is 958. The Hall–Kier alpha value is -2.67. The maximum absolute atomic E-state index is 11.9. The number of oxazole rings is 1. The quantitative estimate of drug-likeness (QED) is 0.786. The van der Waals surface area contributed by atoms with Crippen molar-refractivity contribution in [3.63, 3.8) is 0 Å². The minimum Gasteiger partial charge on any atom is -0.436 e. The zero-order valence-electron chi connectivity index (χ0n) is 13.2. The number of hydrogen-bond acceptors (Lipinski definition) is 5. The number of nitrogens with one attached hydrogen (secondary N) is 1. The Morgan fingerprint density at radius 2 is 1.79 bits per heavy atom. The van der Waals surface area contributed by atoms with Crippen LogP contribution in [0.4, 0.5) is 5.69 Å². The molecule has 1 heterocycles. The number of fused-ring (bicyclic) bond motifs is 1. The predicted octanol–water partition coefficient (Wildman–Crippen LogP) is 2.87. The van der Waals surface area contributed by atoms with Gasteiger partial charge in [0.2, 0.25) is 11.8 Å². The highest BCUT2D eigenvalue weighted by Crippen LogP contribution is 2.25. The van der Waals surface area contributed by atoms with Gasteiger partial charge < -0.3 is 9.73 Å². The van der Waals surface area contributed by atoms with Crippen molar-refractivity contribution in [1.82, 2.24) is 4.98 Å². The van der Waals surface area contributed by atoms with Gasteiger partial charge in [-0.3, -0.25) is 4.79 Å². The van der Waals surface area contributed by atoms with E-state index < -0.39 is 21.0 Å². The summed E-state index contributed by atoms with van der Waals surface area (Å²) in [4.78, 5) is 16.3. The van der Waals surface area contributed by atoms with Crippen molar-refractivity contribution in [2.75, 3.05) is 11.6 Å². The van der Waals surface area contributed by atoms with Crippen LogP contribution in [0.2, 0.25) is 0 Å². The minimum atomic E-state index is -3.43. The summed E-state index contributed by atoms with van der Waals surface area (Å²) < 4.78 is 28.5. The van der Waals surface area contributed by atoms with Crippen LogP contribution >= 0.6 is 0 Å². The Balaban J connectivity index is 1.79. The van der Waals surface area contributed by atoms with E-state index in [2.05, 4.69) is 10.3 Å². The summed E-state index contributed by atoms with van der Waals surface area (Å²) in [5, 5.41) is 1.48. The second-order valence-corrected chi connectivity index (χ2v) is 7.89. The van der Waals surface area contributed by atoms with E-state index in [1.807, 2.05) is 24.3 Å². The minimum absolute atomic E-state index is 0.485. The number of para-hydroxylation sites is 2. The van der Waals surface area contributed by atoms with E-state index in [0.717, 1.165) is 17.3 Å². The summed E-state index contributed by atoms with van der Waals surface area (Å²) in [7, 11) is -3.43. The molecule has 124 valence electrons. The van der Waals surface area contributed by atoms with Crippen molar-refractivity contribution < 1.29 is 17.6 Å². The number of aromatic nitrogens is 1. The van der Waals surface area contributed by atoms with Crippen molar-refractivity contribution >= 4 is 32.5 Å². The molecule has 6 nitrogen and oxygen atoms in total. The number of rotatable bonds is 4. The van der Waals surface area contributed by atoms with Crippen molar-refractivity contribution in [3.05, 3.63) is 48.5 Å². The Morgan fingerprint density at radius 1 is 1.12 bits per heavy atom. The summed E-state index contributed by atoms with van der Waals surface area (Å²) in [6.07, 6.45) is 1.04. The zero-order valence-corrected chi connectivity index (χ0v) is 14.0. The monoisotopic (exact) mass is 344 g/mol. The molecule has 0 fully saturated rings. The van der Waals surface area contributed by atoms with Crippen molar-refractivity contribution in [3.8, 4) is 11.5 Å². The number of sulfone groups is 1. The van der Waals surface area contributed by atoms with Gasteiger partial charge in [-0.15, -0.1) is 0 Å². The second-order valence-electron chi connectivity index (χ2n) is 5.53. The molecule has 1 atom stereocenters. The van der Waals surface area contributed by atoms with Gasteiger partial charge in [0, 0.05) is 17.5 Å². The number of carbonyl (C=O) groups excluding carboxylic acids is 1. The summed E-state index contributed by atoms with van der Waals surface area (Å²) in [5.41, 5.74) is 2.74. The maximum Gasteiger partial charge on any atom is 0.242 e. The van der Waals surface area contributed by atoms with E-state index in [1.54, 1.807) is 24.3 Å². The highest BCUT2D eigenvalue weighted by molar-refractivity contribution is 7.92. The Labute approximate surface area is 139 Å². The van der Waals surface area contributed by atoms with Crippen LogP contribution in [-0.2, 0) is 14.6 Å². The molecule has 0 radical (unpaired) electrons. The first-order chi connectivity index (χ1) is 11.3. The topological polar surface area (TPSA) is 89.3 Å². The number of anilines is 1. The molecule has 0 saturated heterocycles. The van der Waals surface area contributed by atoms with Gasteiger partial charge in [0.15, 0.2) is 15.4 Å². The number of benzene rings is 2. The number of amides is 1. The third-order valence-electron chi connectivity index (χ3n) is 3.70. The van der Waals surface area contributed by atoms with Gasteiger partial charge in [-0.2, -0.15) is 0 Å². The van der Waals surface area contributed by atoms with Crippen LogP contribution in [0.3, 0.4) is 0 Å². The molecule has 1 aromatic heterocycles. The second kappa shape index (κ2) is 6.09.